The van der Waals surface area contributed by atoms with Crippen LogP contribution in [0.15, 0.2) is 24.4 Å². The number of hydrogen-bond donors (Lipinski definition) is 2. The first kappa shape index (κ1) is 8.68. The quantitative estimate of drug-likeness (QED) is 0.638. The van der Waals surface area contributed by atoms with Gasteiger partial charge in [0.25, 0.3) is 5.91 Å². The summed E-state index contributed by atoms with van der Waals surface area (Å²) in [6.45, 7) is 0. The number of carbonyl (C=O) groups excluding carboxylic acids is 2. The average Bonchev–Trinajstić information content (AvgIpc) is 2.47. The molecule has 0 bridgehead atoms. The summed E-state index contributed by atoms with van der Waals surface area (Å²) < 4.78 is 0. The molecule has 1 unspecified atom stereocenters. The smallest absolute Gasteiger partial charge is 0.322 e. The molecule has 0 aliphatic carbocycles. The van der Waals surface area contributed by atoms with Gasteiger partial charge in [0.15, 0.2) is 0 Å². The maximum Gasteiger partial charge on any atom is 0.322 e. The minimum atomic E-state index is -0.489. The maximum atomic E-state index is 11.2. The molecule has 14 heavy (non-hydrogen) atoms. The summed E-state index contributed by atoms with van der Waals surface area (Å²) in [4.78, 5) is 26.0. The average molecular weight is 191 g/mol. The van der Waals surface area contributed by atoms with Gasteiger partial charge in [-0.15, -0.1) is 0 Å². The molecule has 5 heteroatoms. The molecule has 2 rings (SSSR count). The van der Waals surface area contributed by atoms with Crippen molar-refractivity contribution >= 4 is 11.9 Å². The number of urea groups is 1. The predicted octanol–water partition coefficient (Wildman–Crippen LogP) is -0.168. The van der Waals surface area contributed by atoms with Gasteiger partial charge in [-0.2, -0.15) is 0 Å². The van der Waals surface area contributed by atoms with Crippen molar-refractivity contribution in [1.29, 1.82) is 0 Å². The molecule has 1 saturated heterocycles. The third-order valence-corrected chi connectivity index (χ3v) is 2.00. The fourth-order valence-corrected chi connectivity index (χ4v) is 1.33. The summed E-state index contributed by atoms with van der Waals surface area (Å²) in [7, 11) is 0. The Bertz CT molecular complexity index is 364. The van der Waals surface area contributed by atoms with Crippen molar-refractivity contribution in [2.24, 2.45) is 0 Å². The SMILES string of the molecule is O=C1NC(=O)C(Cc2ccccn2)N1. The van der Waals surface area contributed by atoms with E-state index in [9.17, 15) is 9.59 Å². The molecule has 3 amide bonds. The lowest BCUT2D eigenvalue weighted by Gasteiger charge is -2.05. The standard InChI is InChI=1S/C9H9N3O2/c13-8-7(11-9(14)12-8)5-6-3-1-2-4-10-6/h1-4,7H,5H2,(H2,11,12,13,14). The molecule has 2 heterocycles. The zero-order chi connectivity index (χ0) is 9.97. The van der Waals surface area contributed by atoms with E-state index in [1.54, 1.807) is 12.3 Å². The maximum absolute atomic E-state index is 11.2. The van der Waals surface area contributed by atoms with Crippen molar-refractivity contribution in [3.05, 3.63) is 30.1 Å². The van der Waals surface area contributed by atoms with E-state index < -0.39 is 12.1 Å². The molecule has 1 atom stereocenters. The van der Waals surface area contributed by atoms with E-state index in [1.165, 1.54) is 0 Å². The Hall–Kier alpha value is -1.91. The van der Waals surface area contributed by atoms with E-state index in [1.807, 2.05) is 12.1 Å². The molecular formula is C9H9N3O2. The van der Waals surface area contributed by atoms with Crippen LogP contribution < -0.4 is 10.6 Å². The van der Waals surface area contributed by atoms with Gasteiger partial charge in [0.05, 0.1) is 0 Å². The van der Waals surface area contributed by atoms with Crippen molar-refractivity contribution < 1.29 is 9.59 Å². The fraction of sp³-hybridized carbons (Fsp3) is 0.222. The van der Waals surface area contributed by atoms with Gasteiger partial charge in [0, 0.05) is 18.3 Å². The van der Waals surface area contributed by atoms with Gasteiger partial charge in [-0.3, -0.25) is 15.1 Å². The molecule has 5 nitrogen and oxygen atoms in total. The lowest BCUT2D eigenvalue weighted by atomic mass is 10.1. The largest absolute Gasteiger partial charge is 0.326 e. The van der Waals surface area contributed by atoms with Gasteiger partial charge in [-0.05, 0) is 12.1 Å². The number of nitrogens with zero attached hydrogens (tertiary/aromatic N) is 1. The Morgan fingerprint density at radius 1 is 1.36 bits per heavy atom. The molecule has 1 aromatic heterocycles. The third-order valence-electron chi connectivity index (χ3n) is 2.00. The van der Waals surface area contributed by atoms with E-state index in [0.717, 1.165) is 5.69 Å². The number of rotatable bonds is 2. The topological polar surface area (TPSA) is 71.1 Å². The Kier molecular flexibility index (Phi) is 2.14. The van der Waals surface area contributed by atoms with E-state index in [-0.39, 0.29) is 5.91 Å². The number of hydrogen-bond acceptors (Lipinski definition) is 3. The minimum absolute atomic E-state index is 0.291. The monoisotopic (exact) mass is 191 g/mol. The highest BCUT2D eigenvalue weighted by molar-refractivity contribution is 6.04. The summed E-state index contributed by atoms with van der Waals surface area (Å²) in [5, 5.41) is 4.68. The van der Waals surface area contributed by atoms with Crippen LogP contribution in [0.1, 0.15) is 5.69 Å². The molecule has 0 spiro atoms. The summed E-state index contributed by atoms with van der Waals surface area (Å²) in [5.74, 6) is -0.291. The van der Waals surface area contributed by atoms with E-state index >= 15 is 0 Å². The Morgan fingerprint density at radius 2 is 2.21 bits per heavy atom. The second kappa shape index (κ2) is 3.45. The van der Waals surface area contributed by atoms with Crippen LogP contribution in [0.3, 0.4) is 0 Å². The third kappa shape index (κ3) is 1.71. The first-order valence-electron chi connectivity index (χ1n) is 4.27. The molecule has 1 aliphatic rings. The normalized spacial score (nSPS) is 20.4. The summed E-state index contributed by atoms with van der Waals surface area (Å²) in [6.07, 6.45) is 2.09. The van der Waals surface area contributed by atoms with Crippen LogP contribution in [0.2, 0.25) is 0 Å². The fourth-order valence-electron chi connectivity index (χ4n) is 1.33. The molecule has 2 N–H and O–H groups in total. The predicted molar refractivity (Wildman–Crippen MR) is 48.4 cm³/mol. The van der Waals surface area contributed by atoms with Crippen molar-refractivity contribution in [3.8, 4) is 0 Å². The van der Waals surface area contributed by atoms with Crippen LogP contribution in [-0.2, 0) is 11.2 Å². The Morgan fingerprint density at radius 3 is 2.79 bits per heavy atom. The number of nitrogens with one attached hydrogen (secondary N) is 2. The molecular weight excluding hydrogens is 182 g/mol. The molecule has 0 radical (unpaired) electrons. The highest BCUT2D eigenvalue weighted by Crippen LogP contribution is 2.02. The first-order chi connectivity index (χ1) is 6.75. The molecule has 1 fully saturated rings. The van der Waals surface area contributed by atoms with Crippen molar-refractivity contribution in [2.75, 3.05) is 0 Å². The lowest BCUT2D eigenvalue weighted by Crippen LogP contribution is -2.31. The van der Waals surface area contributed by atoms with Crippen LogP contribution >= 0.6 is 0 Å². The van der Waals surface area contributed by atoms with E-state index in [4.69, 9.17) is 0 Å². The number of amides is 3. The lowest BCUT2D eigenvalue weighted by molar-refractivity contribution is -0.120. The van der Waals surface area contributed by atoms with Gasteiger partial charge >= 0.3 is 6.03 Å². The number of aromatic nitrogens is 1. The molecule has 72 valence electrons. The van der Waals surface area contributed by atoms with Crippen LogP contribution in [-0.4, -0.2) is 23.0 Å². The molecule has 1 aliphatic heterocycles. The van der Waals surface area contributed by atoms with Crippen LogP contribution in [0.5, 0.6) is 0 Å². The van der Waals surface area contributed by atoms with E-state index in [2.05, 4.69) is 15.6 Å². The second-order valence-electron chi connectivity index (χ2n) is 3.04. The van der Waals surface area contributed by atoms with Crippen molar-refractivity contribution in [3.63, 3.8) is 0 Å². The Balaban J connectivity index is 2.05. The van der Waals surface area contributed by atoms with Gasteiger partial charge in [0.1, 0.15) is 6.04 Å². The number of imide groups is 1. The first-order valence-corrected chi connectivity index (χ1v) is 4.27. The zero-order valence-corrected chi connectivity index (χ0v) is 7.36. The van der Waals surface area contributed by atoms with Gasteiger partial charge < -0.3 is 5.32 Å². The highest BCUT2D eigenvalue weighted by atomic mass is 16.2. The molecule has 1 aromatic rings. The van der Waals surface area contributed by atoms with Crippen LogP contribution in [0.4, 0.5) is 4.79 Å². The summed E-state index contributed by atoms with van der Waals surface area (Å²) in [6, 6.07) is 4.54. The van der Waals surface area contributed by atoms with Crippen LogP contribution in [0.25, 0.3) is 0 Å². The minimum Gasteiger partial charge on any atom is -0.326 e. The van der Waals surface area contributed by atoms with Gasteiger partial charge in [-0.25, -0.2) is 4.79 Å². The van der Waals surface area contributed by atoms with Crippen LogP contribution in [0, 0.1) is 0 Å². The summed E-state index contributed by atoms with van der Waals surface area (Å²) in [5.41, 5.74) is 0.787. The van der Waals surface area contributed by atoms with Crippen molar-refractivity contribution in [2.45, 2.75) is 12.5 Å². The van der Waals surface area contributed by atoms with E-state index in [0.29, 0.717) is 6.42 Å². The highest BCUT2D eigenvalue weighted by Gasteiger charge is 2.29. The zero-order valence-electron chi connectivity index (χ0n) is 7.36. The van der Waals surface area contributed by atoms with Gasteiger partial charge in [0.2, 0.25) is 0 Å². The van der Waals surface area contributed by atoms with Crippen molar-refractivity contribution in [1.82, 2.24) is 15.6 Å². The number of pyridine rings is 1. The number of carbonyl (C=O) groups is 2. The van der Waals surface area contributed by atoms with Gasteiger partial charge in [-0.1, -0.05) is 6.07 Å². The summed E-state index contributed by atoms with van der Waals surface area (Å²) >= 11 is 0. The molecule has 0 aromatic carbocycles. The Labute approximate surface area is 80.5 Å². The molecule has 0 saturated carbocycles. The second-order valence-corrected chi connectivity index (χ2v) is 3.04.